The number of hydrogen-bond donors (Lipinski definition) is 2. The molecule has 0 saturated heterocycles. The van der Waals surface area contributed by atoms with E-state index in [2.05, 4.69) is 15.6 Å². The molecule has 230 valence electrons. The number of pyridine rings is 3. The van der Waals surface area contributed by atoms with Crippen molar-refractivity contribution >= 4 is 43.4 Å². The molecule has 0 radical (unpaired) electrons. The molecule has 0 aromatic carbocycles. The predicted molar refractivity (Wildman–Crippen MR) is 127 cm³/mol. The minimum absolute atomic E-state index is 0.172. The number of carbonyl (C=O) groups is 2. The van der Waals surface area contributed by atoms with E-state index in [1.807, 2.05) is 48.0 Å². The van der Waals surface area contributed by atoms with E-state index < -0.39 is 31.3 Å². The number of carbonyl (C=O) groups excluding carboxylic acids is 2. The summed E-state index contributed by atoms with van der Waals surface area (Å²) in [6.45, 7) is 0. The van der Waals surface area contributed by atoms with Crippen LogP contribution in [0.25, 0.3) is 0 Å². The van der Waals surface area contributed by atoms with Gasteiger partial charge < -0.3 is 19.7 Å². The average molecular weight is 648 g/mol. The van der Waals surface area contributed by atoms with E-state index in [0.717, 1.165) is 0 Å². The molecule has 0 spiro atoms. The molecule has 0 unspecified atom stereocenters. The zero-order valence-electron chi connectivity index (χ0n) is 21.0. The number of rotatable bonds is 4. The normalized spacial score (nSPS) is 11.7. The van der Waals surface area contributed by atoms with E-state index in [4.69, 9.17) is 25.9 Å². The minimum Gasteiger partial charge on any atom is -0.741 e. The van der Waals surface area contributed by atoms with E-state index in [1.54, 1.807) is 42.5 Å². The van der Waals surface area contributed by atoms with Crippen LogP contribution in [0.3, 0.4) is 0 Å². The molecule has 3 heterocycles. The Morgan fingerprint density at radius 3 is 1.17 bits per heavy atom. The van der Waals surface area contributed by atoms with Crippen LogP contribution in [0.15, 0.2) is 67.3 Å². The van der Waals surface area contributed by atoms with Crippen molar-refractivity contribution in [3.63, 3.8) is 0 Å². The molecular weight excluding hydrogens is 628 g/mol. The Morgan fingerprint density at radius 1 is 0.667 bits per heavy atom. The first-order chi connectivity index (χ1) is 19.0. The van der Waals surface area contributed by atoms with Crippen LogP contribution >= 0.6 is 0 Å². The third kappa shape index (κ3) is 12.1. The lowest BCUT2D eigenvalue weighted by molar-refractivity contribution is -0.671. The van der Waals surface area contributed by atoms with E-state index in [-0.39, 0.29) is 23.2 Å². The van der Waals surface area contributed by atoms with Crippen molar-refractivity contribution in [3.05, 3.63) is 78.6 Å². The molecule has 0 aliphatic rings. The fraction of sp³-hybridized carbons (Fsp3) is 0.190. The molecule has 2 N–H and O–H groups in total. The van der Waals surface area contributed by atoms with Crippen molar-refractivity contribution in [1.82, 2.24) is 4.98 Å². The van der Waals surface area contributed by atoms with Crippen LogP contribution in [0.1, 0.15) is 21.0 Å². The number of anilines is 2. The molecule has 0 bridgehead atoms. The number of alkyl halides is 6. The van der Waals surface area contributed by atoms with Crippen molar-refractivity contribution in [3.8, 4) is 0 Å². The third-order valence-corrected chi connectivity index (χ3v) is 5.39. The van der Waals surface area contributed by atoms with Crippen molar-refractivity contribution in [2.45, 2.75) is 11.0 Å². The molecule has 3 rings (SSSR count). The van der Waals surface area contributed by atoms with E-state index in [1.165, 1.54) is 0 Å². The maximum Gasteiger partial charge on any atom is 0.485 e. The molecule has 0 atom stereocenters. The fourth-order valence-corrected chi connectivity index (χ4v) is 2.25. The highest BCUT2D eigenvalue weighted by molar-refractivity contribution is 7.86. The van der Waals surface area contributed by atoms with Gasteiger partial charge in [-0.1, -0.05) is 6.07 Å². The molecule has 0 aliphatic heterocycles. The monoisotopic (exact) mass is 647 g/mol. The number of amides is 2. The van der Waals surface area contributed by atoms with Gasteiger partial charge in [0.1, 0.15) is 25.5 Å². The molecule has 3 aromatic heterocycles. The summed E-state index contributed by atoms with van der Waals surface area (Å²) in [5, 5.41) is 5.52. The lowest BCUT2D eigenvalue weighted by atomic mass is 10.2. The van der Waals surface area contributed by atoms with Crippen LogP contribution in [-0.2, 0) is 34.3 Å². The summed E-state index contributed by atoms with van der Waals surface area (Å²) in [5.41, 5.74) is -9.64. The van der Waals surface area contributed by atoms with Crippen LogP contribution in [0.5, 0.6) is 0 Å². The first-order valence-electron chi connectivity index (χ1n) is 10.6. The lowest BCUT2D eigenvalue weighted by Crippen LogP contribution is -2.26. The van der Waals surface area contributed by atoms with Crippen LogP contribution < -0.4 is 19.8 Å². The van der Waals surface area contributed by atoms with Crippen LogP contribution in [-0.4, -0.2) is 53.8 Å². The maximum atomic E-state index is 12.4. The zero-order valence-corrected chi connectivity index (χ0v) is 22.7. The van der Waals surface area contributed by atoms with Gasteiger partial charge in [0.05, 0.1) is 11.4 Å². The first-order valence-corrected chi connectivity index (χ1v) is 13.4. The number of nitrogens with zero attached hydrogens (tertiary/aromatic N) is 3. The molecular formula is C21H19F6N5O8S2. The van der Waals surface area contributed by atoms with Crippen LogP contribution in [0, 0.1) is 0 Å². The standard InChI is InChI=1S/C19H17N5O2.2CHF3O3S/c1-23-10-6-14(7-11-23)20-18(25)16-4-3-5-17(22-16)19(26)21-15-8-12-24(2)13-9-15;2*2-1(3,4)8(5,6)7/h3-13H,1-2H3;2*(H,5,6,7). The second kappa shape index (κ2) is 14.1. The summed E-state index contributed by atoms with van der Waals surface area (Å²) < 4.78 is 122. The Kier molecular flexibility index (Phi) is 12.0. The SMILES string of the molecule is C[n+]1ccc(NC(=O)c2cccc(C(=O)Nc3cc[n+](C)cc3)n2)cc1.O=S(=O)([O-])C(F)(F)F.O=S(=O)([O-])C(F)(F)F. The van der Waals surface area contributed by atoms with Crippen molar-refractivity contribution in [2.24, 2.45) is 14.1 Å². The summed E-state index contributed by atoms with van der Waals surface area (Å²) in [4.78, 5) is 28.9. The van der Waals surface area contributed by atoms with Gasteiger partial charge in [-0.05, 0) is 12.1 Å². The smallest absolute Gasteiger partial charge is 0.485 e. The highest BCUT2D eigenvalue weighted by atomic mass is 32.2. The van der Waals surface area contributed by atoms with Crippen LogP contribution in [0.2, 0.25) is 0 Å². The van der Waals surface area contributed by atoms with E-state index in [0.29, 0.717) is 11.4 Å². The molecule has 13 nitrogen and oxygen atoms in total. The summed E-state index contributed by atoms with van der Waals surface area (Å²) in [6, 6.07) is 11.9. The minimum atomic E-state index is -6.09. The fourth-order valence-electron chi connectivity index (χ4n) is 2.25. The van der Waals surface area contributed by atoms with Gasteiger partial charge in [0, 0.05) is 24.3 Å². The Bertz CT molecular complexity index is 1480. The quantitative estimate of drug-likeness (QED) is 0.182. The Hall–Kier alpha value is -4.21. The van der Waals surface area contributed by atoms with Gasteiger partial charge in [-0.25, -0.2) is 31.0 Å². The molecule has 0 aliphatic carbocycles. The average Bonchev–Trinajstić information content (AvgIpc) is 2.85. The van der Waals surface area contributed by atoms with Gasteiger partial charge in [0.25, 0.3) is 11.8 Å². The maximum absolute atomic E-state index is 12.4. The van der Waals surface area contributed by atoms with Gasteiger partial charge in [0.15, 0.2) is 45.0 Å². The highest BCUT2D eigenvalue weighted by Gasteiger charge is 2.37. The van der Waals surface area contributed by atoms with Gasteiger partial charge in [-0.2, -0.15) is 26.3 Å². The van der Waals surface area contributed by atoms with Gasteiger partial charge in [-0.15, -0.1) is 0 Å². The number of hydrogen-bond acceptors (Lipinski definition) is 9. The summed E-state index contributed by atoms with van der Waals surface area (Å²) in [5.74, 6) is -0.750. The first kappa shape index (κ1) is 35.8. The Balaban J connectivity index is 0.000000454. The largest absolute Gasteiger partial charge is 0.741 e. The second-order valence-corrected chi connectivity index (χ2v) is 10.4. The van der Waals surface area contributed by atoms with Crippen molar-refractivity contribution < 1.29 is 71.0 Å². The molecule has 21 heteroatoms. The summed E-state index contributed by atoms with van der Waals surface area (Å²) in [7, 11) is -8.40. The molecule has 0 saturated carbocycles. The van der Waals surface area contributed by atoms with Crippen LogP contribution in [0.4, 0.5) is 37.7 Å². The topological polar surface area (TPSA) is 193 Å². The molecule has 2 amide bonds. The van der Waals surface area contributed by atoms with Gasteiger partial charge in [-0.3, -0.25) is 9.59 Å². The second-order valence-electron chi connectivity index (χ2n) is 7.62. The summed E-state index contributed by atoms with van der Waals surface area (Å²) in [6.07, 6.45) is 7.30. The number of aromatic nitrogens is 3. The third-order valence-electron chi connectivity index (χ3n) is 4.25. The zero-order chi connectivity index (χ0) is 32.5. The predicted octanol–water partition coefficient (Wildman–Crippen LogP) is 1.34. The van der Waals surface area contributed by atoms with Crippen molar-refractivity contribution in [2.75, 3.05) is 10.6 Å². The Morgan fingerprint density at radius 2 is 0.929 bits per heavy atom. The molecule has 42 heavy (non-hydrogen) atoms. The van der Waals surface area contributed by atoms with Crippen molar-refractivity contribution in [1.29, 1.82) is 0 Å². The van der Waals surface area contributed by atoms with E-state index >= 15 is 0 Å². The Labute approximate surface area is 233 Å². The summed E-state index contributed by atoms with van der Waals surface area (Å²) >= 11 is 0. The van der Waals surface area contributed by atoms with Gasteiger partial charge >= 0.3 is 11.0 Å². The number of aryl methyl sites for hydroxylation is 2. The number of halogens is 6. The lowest BCUT2D eigenvalue weighted by Gasteiger charge is -2.08. The number of nitrogens with one attached hydrogen (secondary N) is 2. The molecule has 0 fully saturated rings. The molecule has 3 aromatic rings. The van der Waals surface area contributed by atoms with Gasteiger partial charge in [0.2, 0.25) is 0 Å². The van der Waals surface area contributed by atoms with E-state index in [9.17, 15) is 35.9 Å². The highest BCUT2D eigenvalue weighted by Crippen LogP contribution is 2.21.